The first-order chi connectivity index (χ1) is 15.5. The maximum atomic E-state index is 11.5. The van der Waals surface area contributed by atoms with Crippen molar-refractivity contribution in [2.45, 2.75) is 18.9 Å². The Morgan fingerprint density at radius 3 is 1.88 bits per heavy atom. The van der Waals surface area contributed by atoms with Crippen LogP contribution in [-0.2, 0) is 4.79 Å². The number of rotatable bonds is 9. The van der Waals surface area contributed by atoms with Gasteiger partial charge in [-0.3, -0.25) is 9.69 Å². The minimum absolute atomic E-state index is 0.209. The van der Waals surface area contributed by atoms with Crippen LogP contribution in [0.2, 0.25) is 0 Å². The highest BCUT2D eigenvalue weighted by atomic mass is 16.5. The van der Waals surface area contributed by atoms with E-state index in [9.17, 15) is 9.90 Å². The molecule has 0 aromatic heterocycles. The smallest absolute Gasteiger partial charge is 0.306 e. The van der Waals surface area contributed by atoms with Crippen molar-refractivity contribution < 1.29 is 33.6 Å². The standard InChI is InChI=1S/C24H31NO7/c1-28-18-7-6-16(12-20(18)30-3)23(25-10-8-15(9-11-25)24(26)27)17-13-21(31-4)22(32-5)14-19(17)29-2/h6-7,12-15,23H,8-11H2,1-5H3,(H,26,27). The van der Waals surface area contributed by atoms with Crippen LogP contribution in [0.3, 0.4) is 0 Å². The SMILES string of the molecule is COc1ccc(C(c2cc(OC)c(OC)cc2OC)N2CCC(C(=O)O)CC2)cc1OC. The third-order valence-electron chi connectivity index (χ3n) is 6.00. The van der Waals surface area contributed by atoms with Crippen molar-refractivity contribution >= 4 is 5.97 Å². The Morgan fingerprint density at radius 1 is 0.812 bits per heavy atom. The molecule has 32 heavy (non-hydrogen) atoms. The van der Waals surface area contributed by atoms with Crippen LogP contribution in [0, 0.1) is 5.92 Å². The number of carboxylic acid groups (broad SMARTS) is 1. The van der Waals surface area contributed by atoms with Gasteiger partial charge in [0.25, 0.3) is 0 Å². The predicted octanol–water partition coefficient (Wildman–Crippen LogP) is 3.62. The summed E-state index contributed by atoms with van der Waals surface area (Å²) in [4.78, 5) is 13.7. The van der Waals surface area contributed by atoms with E-state index < -0.39 is 5.97 Å². The first-order valence-electron chi connectivity index (χ1n) is 10.5. The first-order valence-corrected chi connectivity index (χ1v) is 10.5. The molecule has 174 valence electrons. The third kappa shape index (κ3) is 4.70. The molecule has 0 saturated carbocycles. The summed E-state index contributed by atoms with van der Waals surface area (Å²) in [5.74, 6) is 2.01. The van der Waals surface area contributed by atoms with E-state index in [1.165, 1.54) is 0 Å². The van der Waals surface area contributed by atoms with Crippen LogP contribution >= 0.6 is 0 Å². The number of likely N-dealkylation sites (tertiary alicyclic amines) is 1. The molecule has 2 aromatic carbocycles. The summed E-state index contributed by atoms with van der Waals surface area (Å²) < 4.78 is 27.7. The van der Waals surface area contributed by atoms with E-state index in [1.807, 2.05) is 30.3 Å². The van der Waals surface area contributed by atoms with E-state index in [1.54, 1.807) is 35.5 Å². The molecule has 0 bridgehead atoms. The number of methoxy groups -OCH3 is 5. The number of piperidine rings is 1. The average Bonchev–Trinajstić information content (AvgIpc) is 2.83. The molecular formula is C24H31NO7. The minimum atomic E-state index is -0.740. The number of benzene rings is 2. The predicted molar refractivity (Wildman–Crippen MR) is 119 cm³/mol. The van der Waals surface area contributed by atoms with Gasteiger partial charge < -0.3 is 28.8 Å². The zero-order chi connectivity index (χ0) is 23.3. The second-order valence-corrected chi connectivity index (χ2v) is 7.61. The Bertz CT molecular complexity index is 938. The van der Waals surface area contributed by atoms with E-state index in [4.69, 9.17) is 23.7 Å². The number of hydrogen-bond donors (Lipinski definition) is 1. The average molecular weight is 446 g/mol. The molecule has 1 fully saturated rings. The largest absolute Gasteiger partial charge is 0.496 e. The summed E-state index contributed by atoms with van der Waals surface area (Å²) in [6, 6.07) is 9.33. The molecule has 0 spiro atoms. The van der Waals surface area contributed by atoms with Crippen molar-refractivity contribution in [3.63, 3.8) is 0 Å². The van der Waals surface area contributed by atoms with Gasteiger partial charge in [-0.05, 0) is 49.7 Å². The van der Waals surface area contributed by atoms with E-state index in [2.05, 4.69) is 4.90 Å². The fourth-order valence-electron chi connectivity index (χ4n) is 4.28. The van der Waals surface area contributed by atoms with Crippen LogP contribution in [0.5, 0.6) is 28.7 Å². The van der Waals surface area contributed by atoms with Crippen LogP contribution in [0.25, 0.3) is 0 Å². The summed E-state index contributed by atoms with van der Waals surface area (Å²) in [6.07, 6.45) is 1.16. The molecule has 8 nitrogen and oxygen atoms in total. The zero-order valence-electron chi connectivity index (χ0n) is 19.2. The second kappa shape index (κ2) is 10.5. The van der Waals surface area contributed by atoms with Crippen LogP contribution < -0.4 is 23.7 Å². The van der Waals surface area contributed by atoms with Gasteiger partial charge in [0.15, 0.2) is 23.0 Å². The van der Waals surface area contributed by atoms with Gasteiger partial charge in [-0.1, -0.05) is 6.07 Å². The lowest BCUT2D eigenvalue weighted by atomic mass is 9.90. The number of hydrogen-bond acceptors (Lipinski definition) is 7. The van der Waals surface area contributed by atoms with E-state index in [0.29, 0.717) is 54.7 Å². The van der Waals surface area contributed by atoms with Gasteiger partial charge in [-0.15, -0.1) is 0 Å². The van der Waals surface area contributed by atoms with Crippen molar-refractivity contribution in [1.82, 2.24) is 4.90 Å². The summed E-state index contributed by atoms with van der Waals surface area (Å²) in [5, 5.41) is 9.43. The Morgan fingerprint density at radius 2 is 1.34 bits per heavy atom. The van der Waals surface area contributed by atoms with Crippen LogP contribution in [-0.4, -0.2) is 64.6 Å². The maximum Gasteiger partial charge on any atom is 0.306 e. The minimum Gasteiger partial charge on any atom is -0.496 e. The van der Waals surface area contributed by atoms with Gasteiger partial charge in [0.1, 0.15) is 5.75 Å². The molecule has 1 N–H and O–H groups in total. The number of nitrogens with zero attached hydrogens (tertiary/aromatic N) is 1. The molecule has 1 aliphatic heterocycles. The third-order valence-corrected chi connectivity index (χ3v) is 6.00. The summed E-state index contributed by atoms with van der Waals surface area (Å²) >= 11 is 0. The second-order valence-electron chi connectivity index (χ2n) is 7.61. The summed E-state index contributed by atoms with van der Waals surface area (Å²) in [6.45, 7) is 1.26. The van der Waals surface area contributed by atoms with Crippen LogP contribution in [0.1, 0.15) is 30.0 Å². The molecule has 1 heterocycles. The van der Waals surface area contributed by atoms with Crippen molar-refractivity contribution in [3.8, 4) is 28.7 Å². The van der Waals surface area contributed by atoms with Gasteiger partial charge in [0, 0.05) is 11.6 Å². The normalized spacial score (nSPS) is 15.7. The highest BCUT2D eigenvalue weighted by molar-refractivity contribution is 5.70. The molecular weight excluding hydrogens is 414 g/mol. The molecule has 1 unspecified atom stereocenters. The van der Waals surface area contributed by atoms with Crippen molar-refractivity contribution in [3.05, 3.63) is 41.5 Å². The van der Waals surface area contributed by atoms with Gasteiger partial charge in [0.2, 0.25) is 0 Å². The monoisotopic (exact) mass is 445 g/mol. The Balaban J connectivity index is 2.13. The number of aliphatic carboxylic acids is 1. The molecule has 0 amide bonds. The van der Waals surface area contributed by atoms with Crippen LogP contribution in [0.15, 0.2) is 30.3 Å². The van der Waals surface area contributed by atoms with Crippen molar-refractivity contribution in [2.24, 2.45) is 5.92 Å². The molecule has 0 radical (unpaired) electrons. The lowest BCUT2D eigenvalue weighted by molar-refractivity contribution is -0.143. The quantitative estimate of drug-likeness (QED) is 0.626. The lowest BCUT2D eigenvalue weighted by Gasteiger charge is -2.38. The number of ether oxygens (including phenoxy) is 5. The Hall–Kier alpha value is -3.13. The molecule has 1 aliphatic rings. The molecule has 3 rings (SSSR count). The van der Waals surface area contributed by atoms with E-state index >= 15 is 0 Å². The topological polar surface area (TPSA) is 86.7 Å². The lowest BCUT2D eigenvalue weighted by Crippen LogP contribution is -2.39. The van der Waals surface area contributed by atoms with Gasteiger partial charge in [0.05, 0.1) is 47.5 Å². The molecule has 1 atom stereocenters. The maximum absolute atomic E-state index is 11.5. The van der Waals surface area contributed by atoms with Gasteiger partial charge in [-0.25, -0.2) is 0 Å². The van der Waals surface area contributed by atoms with E-state index in [0.717, 1.165) is 11.1 Å². The van der Waals surface area contributed by atoms with Gasteiger partial charge in [-0.2, -0.15) is 0 Å². The first kappa shape index (κ1) is 23.5. The Labute approximate surface area is 188 Å². The Kier molecular flexibility index (Phi) is 7.69. The highest BCUT2D eigenvalue weighted by Crippen LogP contribution is 2.44. The number of carboxylic acids is 1. The molecule has 2 aromatic rings. The van der Waals surface area contributed by atoms with Gasteiger partial charge >= 0.3 is 5.97 Å². The van der Waals surface area contributed by atoms with Crippen molar-refractivity contribution in [2.75, 3.05) is 48.6 Å². The fourth-order valence-corrected chi connectivity index (χ4v) is 4.28. The zero-order valence-corrected chi connectivity index (χ0v) is 19.2. The van der Waals surface area contributed by atoms with E-state index in [-0.39, 0.29) is 12.0 Å². The highest BCUT2D eigenvalue weighted by Gasteiger charge is 2.33. The van der Waals surface area contributed by atoms with Crippen molar-refractivity contribution in [1.29, 1.82) is 0 Å². The molecule has 0 aliphatic carbocycles. The summed E-state index contributed by atoms with van der Waals surface area (Å²) in [5.41, 5.74) is 1.87. The molecule has 8 heteroatoms. The summed E-state index contributed by atoms with van der Waals surface area (Å²) in [7, 11) is 8.00. The molecule has 1 saturated heterocycles. The van der Waals surface area contributed by atoms with Crippen LogP contribution in [0.4, 0.5) is 0 Å². The fraction of sp³-hybridized carbons (Fsp3) is 0.458. The number of carbonyl (C=O) groups is 1.